The minimum absolute atomic E-state index is 0.112. The van der Waals surface area contributed by atoms with Crippen LogP contribution in [0.4, 0.5) is 18.9 Å². The molecule has 0 radical (unpaired) electrons. The van der Waals surface area contributed by atoms with E-state index >= 15 is 0 Å². The quantitative estimate of drug-likeness (QED) is 0.530. The number of amides is 2. The number of hydrogen-bond donors (Lipinski definition) is 3. The number of ether oxygens (including phenoxy) is 1. The molecule has 30 heavy (non-hydrogen) atoms. The third-order valence-corrected chi connectivity index (χ3v) is 5.47. The van der Waals surface area contributed by atoms with Crippen LogP contribution in [0.15, 0.2) is 54.6 Å². The van der Waals surface area contributed by atoms with Crippen molar-refractivity contribution in [2.45, 2.75) is 18.9 Å². The Morgan fingerprint density at radius 1 is 1.07 bits per heavy atom. The molecule has 0 fully saturated rings. The highest BCUT2D eigenvalue weighted by atomic mass is 32.1. The number of fused-ring (bicyclic) bond motifs is 1. The summed E-state index contributed by atoms with van der Waals surface area (Å²) in [4.78, 5) is 24.7. The molecule has 3 N–H and O–H groups in total. The molecule has 0 spiro atoms. The minimum atomic E-state index is -4.82. The summed E-state index contributed by atoms with van der Waals surface area (Å²) in [6.45, 7) is 1.32. The van der Waals surface area contributed by atoms with Gasteiger partial charge >= 0.3 is 18.2 Å². The van der Waals surface area contributed by atoms with Gasteiger partial charge in [-0.3, -0.25) is 9.59 Å². The zero-order valence-corrected chi connectivity index (χ0v) is 16.4. The summed E-state index contributed by atoms with van der Waals surface area (Å²) in [5.74, 6) is -2.47. The second kappa shape index (κ2) is 8.33. The first-order valence-corrected chi connectivity index (χ1v) is 9.51. The molecule has 0 saturated carbocycles. The number of anilines is 1. The first-order valence-electron chi connectivity index (χ1n) is 8.70. The summed E-state index contributed by atoms with van der Waals surface area (Å²) in [5.41, 5.74) is -1.28. The van der Waals surface area contributed by atoms with Gasteiger partial charge in [-0.05, 0) is 48.7 Å². The van der Waals surface area contributed by atoms with E-state index in [1.54, 1.807) is 0 Å². The molecule has 0 saturated heterocycles. The van der Waals surface area contributed by atoms with Crippen molar-refractivity contribution in [3.05, 3.63) is 59.5 Å². The largest absolute Gasteiger partial charge is 0.573 e. The number of aliphatic hydroxyl groups is 1. The number of halogens is 3. The Morgan fingerprint density at radius 3 is 2.37 bits per heavy atom. The standard InChI is InChI=1S/C20H17F3N2O4S/c1-19(28,16-10-12-4-2-3-5-15(12)30-16)11-24-17(26)18(27)25-13-6-8-14(9-7-13)29-20(21,22)23/h2-10,28H,11H2,1H3,(H,24,26)(H,25,27)/t19-/m1/s1. The van der Waals surface area contributed by atoms with Crippen LogP contribution >= 0.6 is 11.3 Å². The number of rotatable bonds is 5. The number of thiophene rings is 1. The summed E-state index contributed by atoms with van der Waals surface area (Å²) in [5, 5.41) is 16.3. The number of carbonyl (C=O) groups excluding carboxylic acids is 2. The van der Waals surface area contributed by atoms with Gasteiger partial charge in [0.15, 0.2) is 0 Å². The van der Waals surface area contributed by atoms with Gasteiger partial charge in [0.2, 0.25) is 0 Å². The first kappa shape index (κ1) is 21.6. The van der Waals surface area contributed by atoms with Crippen molar-refractivity contribution in [1.82, 2.24) is 5.32 Å². The number of nitrogens with one attached hydrogen (secondary N) is 2. The number of hydrogen-bond acceptors (Lipinski definition) is 5. The van der Waals surface area contributed by atoms with Crippen molar-refractivity contribution in [3.63, 3.8) is 0 Å². The molecule has 0 bridgehead atoms. The molecule has 0 unspecified atom stereocenters. The number of carbonyl (C=O) groups is 2. The van der Waals surface area contributed by atoms with Crippen molar-refractivity contribution >= 4 is 38.9 Å². The predicted molar refractivity (Wildman–Crippen MR) is 106 cm³/mol. The lowest BCUT2D eigenvalue weighted by Gasteiger charge is -2.22. The fraction of sp³-hybridized carbons (Fsp3) is 0.200. The SMILES string of the molecule is C[C@@](O)(CNC(=O)C(=O)Nc1ccc(OC(F)(F)F)cc1)c1cc2ccccc2s1. The Balaban J connectivity index is 1.56. The van der Waals surface area contributed by atoms with Gasteiger partial charge in [0.25, 0.3) is 0 Å². The summed E-state index contributed by atoms with van der Waals surface area (Å²) in [6.07, 6.45) is -4.82. The van der Waals surface area contributed by atoms with Gasteiger partial charge in [-0.25, -0.2) is 0 Å². The second-order valence-electron chi connectivity index (χ2n) is 6.63. The zero-order chi connectivity index (χ0) is 21.9. The number of benzene rings is 2. The van der Waals surface area contributed by atoms with Crippen LogP contribution in [-0.4, -0.2) is 29.8 Å². The normalized spacial score (nSPS) is 13.5. The van der Waals surface area contributed by atoms with Gasteiger partial charge in [0.05, 0.1) is 6.54 Å². The maximum atomic E-state index is 12.2. The molecule has 2 aromatic carbocycles. The van der Waals surface area contributed by atoms with Crippen LogP contribution in [0.3, 0.4) is 0 Å². The molecule has 1 aromatic heterocycles. The summed E-state index contributed by atoms with van der Waals surface area (Å²) in [7, 11) is 0. The van der Waals surface area contributed by atoms with Crippen LogP contribution in [0.5, 0.6) is 5.75 Å². The van der Waals surface area contributed by atoms with E-state index in [1.165, 1.54) is 30.4 Å². The Labute approximate surface area is 173 Å². The summed E-state index contributed by atoms with van der Waals surface area (Å²) >= 11 is 1.38. The van der Waals surface area contributed by atoms with Crippen LogP contribution in [0.25, 0.3) is 10.1 Å². The fourth-order valence-corrected chi connectivity index (χ4v) is 3.70. The lowest BCUT2D eigenvalue weighted by atomic mass is 10.0. The topological polar surface area (TPSA) is 87.7 Å². The highest BCUT2D eigenvalue weighted by molar-refractivity contribution is 7.19. The van der Waals surface area contributed by atoms with Crippen LogP contribution in [0.1, 0.15) is 11.8 Å². The Hall–Kier alpha value is -3.11. The molecule has 3 rings (SSSR count). The minimum Gasteiger partial charge on any atom is -0.406 e. The third-order valence-electron chi connectivity index (χ3n) is 4.10. The summed E-state index contributed by atoms with van der Waals surface area (Å²) < 4.78 is 41.2. The maximum absolute atomic E-state index is 12.2. The van der Waals surface area contributed by atoms with Crippen molar-refractivity contribution < 1.29 is 32.6 Å². The molecule has 0 aliphatic carbocycles. The van der Waals surface area contributed by atoms with Crippen LogP contribution < -0.4 is 15.4 Å². The molecular weight excluding hydrogens is 421 g/mol. The van der Waals surface area contributed by atoms with Crippen LogP contribution in [0.2, 0.25) is 0 Å². The Kier molecular flexibility index (Phi) is 5.99. The molecule has 2 amide bonds. The first-order chi connectivity index (χ1) is 14.0. The molecule has 3 aromatic rings. The zero-order valence-electron chi connectivity index (χ0n) is 15.6. The molecule has 10 heteroatoms. The van der Waals surface area contributed by atoms with E-state index in [4.69, 9.17) is 0 Å². The van der Waals surface area contributed by atoms with E-state index < -0.39 is 29.5 Å². The van der Waals surface area contributed by atoms with E-state index in [-0.39, 0.29) is 12.2 Å². The lowest BCUT2D eigenvalue weighted by Crippen LogP contribution is -2.42. The van der Waals surface area contributed by atoms with Gasteiger partial charge in [0, 0.05) is 15.3 Å². The van der Waals surface area contributed by atoms with Crippen molar-refractivity contribution in [3.8, 4) is 5.75 Å². The van der Waals surface area contributed by atoms with E-state index in [0.717, 1.165) is 22.2 Å². The van der Waals surface area contributed by atoms with Gasteiger partial charge in [-0.15, -0.1) is 24.5 Å². The average molecular weight is 438 g/mol. The predicted octanol–water partition coefficient (Wildman–Crippen LogP) is 3.76. The third kappa shape index (κ3) is 5.49. The van der Waals surface area contributed by atoms with Crippen molar-refractivity contribution in [2.75, 3.05) is 11.9 Å². The average Bonchev–Trinajstić information content (AvgIpc) is 3.12. The van der Waals surface area contributed by atoms with E-state index in [1.807, 2.05) is 30.3 Å². The second-order valence-corrected chi connectivity index (χ2v) is 7.72. The molecule has 6 nitrogen and oxygen atoms in total. The fourth-order valence-electron chi connectivity index (χ4n) is 2.59. The highest BCUT2D eigenvalue weighted by Crippen LogP contribution is 2.32. The van der Waals surface area contributed by atoms with Gasteiger partial charge < -0.3 is 20.5 Å². The Morgan fingerprint density at radius 2 is 1.73 bits per heavy atom. The smallest absolute Gasteiger partial charge is 0.406 e. The molecule has 0 aliphatic heterocycles. The van der Waals surface area contributed by atoms with E-state index in [0.29, 0.717) is 4.88 Å². The monoisotopic (exact) mass is 438 g/mol. The molecule has 1 atom stereocenters. The van der Waals surface area contributed by atoms with Gasteiger partial charge in [0.1, 0.15) is 11.4 Å². The van der Waals surface area contributed by atoms with Gasteiger partial charge in [-0.2, -0.15) is 0 Å². The molecule has 0 aliphatic rings. The lowest BCUT2D eigenvalue weighted by molar-refractivity contribution is -0.274. The summed E-state index contributed by atoms with van der Waals surface area (Å²) in [6, 6.07) is 13.7. The molecular formula is C20H17F3N2O4S. The Bertz CT molecular complexity index is 1030. The maximum Gasteiger partial charge on any atom is 0.573 e. The van der Waals surface area contributed by atoms with Crippen LogP contribution in [0, 0.1) is 0 Å². The number of alkyl halides is 3. The van der Waals surface area contributed by atoms with Gasteiger partial charge in [-0.1, -0.05) is 18.2 Å². The van der Waals surface area contributed by atoms with E-state index in [2.05, 4.69) is 15.4 Å². The van der Waals surface area contributed by atoms with Crippen molar-refractivity contribution in [2.24, 2.45) is 0 Å². The van der Waals surface area contributed by atoms with Crippen LogP contribution in [-0.2, 0) is 15.2 Å². The molecule has 1 heterocycles. The van der Waals surface area contributed by atoms with E-state index in [9.17, 15) is 27.9 Å². The highest BCUT2D eigenvalue weighted by Gasteiger charge is 2.31. The molecule has 158 valence electrons. The van der Waals surface area contributed by atoms with Crippen molar-refractivity contribution in [1.29, 1.82) is 0 Å².